The summed E-state index contributed by atoms with van der Waals surface area (Å²) < 4.78 is 0. The number of carbonyl (C=O) groups excluding carboxylic acids is 1. The number of carbonyl (C=O) groups is 1. The molecule has 0 aliphatic heterocycles. The van der Waals surface area contributed by atoms with Crippen LogP contribution in [0, 0.1) is 0 Å². The molecule has 106 valence electrons. The van der Waals surface area contributed by atoms with Crippen LogP contribution >= 0.6 is 23.1 Å². The van der Waals surface area contributed by atoms with Gasteiger partial charge in [-0.2, -0.15) is 0 Å². The van der Waals surface area contributed by atoms with Crippen LogP contribution in [0.5, 0.6) is 0 Å². The van der Waals surface area contributed by atoms with Gasteiger partial charge in [-0.25, -0.2) is 4.98 Å². The number of nitrogens with zero attached hydrogens (tertiary/aromatic N) is 2. The molecule has 0 bridgehead atoms. The number of rotatable bonds is 6. The molecule has 2 N–H and O–H groups in total. The highest BCUT2D eigenvalue weighted by Crippen LogP contribution is 2.23. The Balaban J connectivity index is 1.54. The summed E-state index contributed by atoms with van der Waals surface area (Å²) in [5, 5.41) is 12.6. The lowest BCUT2D eigenvalue weighted by Crippen LogP contribution is -2.32. The fourth-order valence-corrected chi connectivity index (χ4v) is 3.21. The maximum Gasteiger partial charge on any atom is 0.233 e. The number of H-pyrrole nitrogens is 1. The summed E-state index contributed by atoms with van der Waals surface area (Å²) >= 11 is 3.09. The number of hydrogen-bond acceptors (Lipinski definition) is 5. The second-order valence-electron chi connectivity index (χ2n) is 4.86. The molecule has 1 atom stereocenters. The topological polar surface area (TPSA) is 70.7 Å². The van der Waals surface area contributed by atoms with Crippen molar-refractivity contribution in [3.05, 3.63) is 28.2 Å². The first kappa shape index (κ1) is 13.6. The molecule has 0 spiro atoms. The Morgan fingerprint density at radius 1 is 1.65 bits per heavy atom. The second kappa shape index (κ2) is 5.97. The Morgan fingerprint density at radius 3 is 3.20 bits per heavy atom. The van der Waals surface area contributed by atoms with Gasteiger partial charge in [0.2, 0.25) is 11.1 Å². The number of aromatic amines is 1. The van der Waals surface area contributed by atoms with E-state index < -0.39 is 0 Å². The van der Waals surface area contributed by atoms with Crippen LogP contribution in [-0.2, 0) is 11.2 Å². The Labute approximate surface area is 125 Å². The summed E-state index contributed by atoms with van der Waals surface area (Å²) in [7, 11) is 0. The van der Waals surface area contributed by atoms with Crippen LogP contribution in [0.2, 0.25) is 0 Å². The molecule has 3 rings (SSSR count). The zero-order chi connectivity index (χ0) is 13.9. The molecule has 5 nitrogen and oxygen atoms in total. The first-order chi connectivity index (χ1) is 9.70. The van der Waals surface area contributed by atoms with Crippen molar-refractivity contribution in [1.82, 2.24) is 20.5 Å². The van der Waals surface area contributed by atoms with Gasteiger partial charge in [-0.1, -0.05) is 17.8 Å². The van der Waals surface area contributed by atoms with E-state index in [0.29, 0.717) is 11.2 Å². The molecule has 7 heteroatoms. The van der Waals surface area contributed by atoms with Gasteiger partial charge in [-0.3, -0.25) is 9.89 Å². The van der Waals surface area contributed by atoms with Gasteiger partial charge in [0.25, 0.3) is 0 Å². The molecule has 0 saturated heterocycles. The van der Waals surface area contributed by atoms with Gasteiger partial charge in [0, 0.05) is 17.3 Å². The van der Waals surface area contributed by atoms with Crippen molar-refractivity contribution < 1.29 is 4.79 Å². The van der Waals surface area contributed by atoms with Crippen molar-refractivity contribution in [3.8, 4) is 0 Å². The van der Waals surface area contributed by atoms with Crippen molar-refractivity contribution in [2.45, 2.75) is 42.6 Å². The molecule has 0 aromatic carbocycles. The third-order valence-corrected chi connectivity index (χ3v) is 4.85. The van der Waals surface area contributed by atoms with Gasteiger partial charge in [0.1, 0.15) is 5.82 Å². The number of nitrogens with one attached hydrogen (secondary N) is 2. The molecule has 2 heterocycles. The van der Waals surface area contributed by atoms with Crippen molar-refractivity contribution in [2.75, 3.05) is 0 Å². The fraction of sp³-hybridized carbons (Fsp3) is 0.462. The average molecular weight is 308 g/mol. The van der Waals surface area contributed by atoms with E-state index in [4.69, 9.17) is 0 Å². The van der Waals surface area contributed by atoms with Crippen LogP contribution in [0.25, 0.3) is 0 Å². The van der Waals surface area contributed by atoms with E-state index in [1.807, 2.05) is 18.4 Å². The van der Waals surface area contributed by atoms with Gasteiger partial charge in [0.15, 0.2) is 0 Å². The van der Waals surface area contributed by atoms with Crippen LogP contribution in [0.3, 0.4) is 0 Å². The SMILES string of the molecule is CC(Sc1n[nH]c(Cc2cccs2)n1)C(=O)NC1CC1. The predicted molar refractivity (Wildman–Crippen MR) is 80.0 cm³/mol. The Hall–Kier alpha value is -1.34. The highest BCUT2D eigenvalue weighted by molar-refractivity contribution is 8.00. The van der Waals surface area contributed by atoms with Crippen LogP contribution in [0.15, 0.2) is 22.7 Å². The molecule has 1 unspecified atom stereocenters. The summed E-state index contributed by atoms with van der Waals surface area (Å²) in [6.07, 6.45) is 2.97. The van der Waals surface area contributed by atoms with Crippen LogP contribution in [0.1, 0.15) is 30.5 Å². The van der Waals surface area contributed by atoms with Gasteiger partial charge >= 0.3 is 0 Å². The number of aromatic nitrogens is 3. The summed E-state index contributed by atoms with van der Waals surface area (Å²) in [5.41, 5.74) is 0. The third-order valence-electron chi connectivity index (χ3n) is 3.01. The minimum atomic E-state index is -0.166. The van der Waals surface area contributed by atoms with Crippen LogP contribution in [-0.4, -0.2) is 32.4 Å². The average Bonchev–Trinajstić information content (AvgIpc) is 2.90. The van der Waals surface area contributed by atoms with E-state index in [9.17, 15) is 4.79 Å². The summed E-state index contributed by atoms with van der Waals surface area (Å²) in [6.45, 7) is 1.89. The van der Waals surface area contributed by atoms with E-state index >= 15 is 0 Å². The molecular weight excluding hydrogens is 292 g/mol. The maximum atomic E-state index is 11.9. The summed E-state index contributed by atoms with van der Waals surface area (Å²) in [4.78, 5) is 17.5. The van der Waals surface area contributed by atoms with E-state index in [1.165, 1.54) is 16.6 Å². The lowest BCUT2D eigenvalue weighted by atomic mass is 10.3. The van der Waals surface area contributed by atoms with Gasteiger partial charge < -0.3 is 5.32 Å². The highest BCUT2D eigenvalue weighted by Gasteiger charge is 2.26. The van der Waals surface area contributed by atoms with Gasteiger partial charge in [0.05, 0.1) is 5.25 Å². The Morgan fingerprint density at radius 2 is 2.50 bits per heavy atom. The fourth-order valence-electron chi connectivity index (χ4n) is 1.75. The smallest absolute Gasteiger partial charge is 0.233 e. The lowest BCUT2D eigenvalue weighted by Gasteiger charge is -2.08. The minimum absolute atomic E-state index is 0.0714. The van der Waals surface area contributed by atoms with Crippen LogP contribution < -0.4 is 5.32 Å². The number of hydrogen-bond donors (Lipinski definition) is 2. The standard InChI is InChI=1S/C13H16N4OS2/c1-8(12(18)14-9-4-5-9)20-13-15-11(16-17-13)7-10-3-2-6-19-10/h2-3,6,8-9H,4-5,7H2,1H3,(H,14,18)(H,15,16,17). The van der Waals surface area contributed by atoms with E-state index in [0.717, 1.165) is 25.1 Å². The third kappa shape index (κ3) is 3.61. The lowest BCUT2D eigenvalue weighted by molar-refractivity contribution is -0.120. The maximum absolute atomic E-state index is 11.9. The molecule has 1 fully saturated rings. The van der Waals surface area contributed by atoms with Gasteiger partial charge in [-0.15, -0.1) is 16.4 Å². The normalized spacial score (nSPS) is 16.1. The molecule has 2 aromatic heterocycles. The molecule has 1 aliphatic rings. The summed E-state index contributed by atoms with van der Waals surface area (Å²) in [5.74, 6) is 0.909. The van der Waals surface area contributed by atoms with Crippen molar-refractivity contribution in [3.63, 3.8) is 0 Å². The predicted octanol–water partition coefficient (Wildman–Crippen LogP) is 2.22. The first-order valence-corrected chi connectivity index (χ1v) is 8.37. The number of amides is 1. The molecule has 0 radical (unpaired) electrons. The molecule has 1 aliphatic carbocycles. The highest BCUT2D eigenvalue weighted by atomic mass is 32.2. The monoisotopic (exact) mass is 308 g/mol. The Kier molecular flexibility index (Phi) is 4.07. The molecule has 2 aromatic rings. The van der Waals surface area contributed by atoms with Gasteiger partial charge in [-0.05, 0) is 31.2 Å². The van der Waals surface area contributed by atoms with E-state index in [-0.39, 0.29) is 11.2 Å². The zero-order valence-electron chi connectivity index (χ0n) is 11.1. The first-order valence-electron chi connectivity index (χ1n) is 6.61. The molecular formula is C13H16N4OS2. The Bertz CT molecular complexity index is 577. The summed E-state index contributed by atoms with van der Waals surface area (Å²) in [6, 6.07) is 4.49. The van der Waals surface area contributed by atoms with Crippen molar-refractivity contribution >= 4 is 29.0 Å². The molecule has 20 heavy (non-hydrogen) atoms. The quantitative estimate of drug-likeness (QED) is 0.803. The zero-order valence-corrected chi connectivity index (χ0v) is 12.8. The minimum Gasteiger partial charge on any atom is -0.352 e. The second-order valence-corrected chi connectivity index (χ2v) is 7.20. The van der Waals surface area contributed by atoms with Crippen molar-refractivity contribution in [2.24, 2.45) is 0 Å². The van der Waals surface area contributed by atoms with E-state index in [2.05, 4.69) is 26.6 Å². The molecule has 1 saturated carbocycles. The number of thioether (sulfide) groups is 1. The van der Waals surface area contributed by atoms with Crippen LogP contribution in [0.4, 0.5) is 0 Å². The molecule has 1 amide bonds. The van der Waals surface area contributed by atoms with E-state index in [1.54, 1.807) is 11.3 Å². The number of thiophene rings is 1. The largest absolute Gasteiger partial charge is 0.352 e. The van der Waals surface area contributed by atoms with Crippen molar-refractivity contribution in [1.29, 1.82) is 0 Å².